The fraction of sp³-hybridized carbons (Fsp3) is 0.235. The third-order valence-corrected chi connectivity index (χ3v) is 3.39. The fourth-order valence-electron chi connectivity index (χ4n) is 2.16. The van der Waals surface area contributed by atoms with Crippen molar-refractivity contribution >= 4 is 5.97 Å². The van der Waals surface area contributed by atoms with Crippen LogP contribution >= 0.6 is 0 Å². The third kappa shape index (κ3) is 3.89. The van der Waals surface area contributed by atoms with Gasteiger partial charge in [-0.25, -0.2) is 13.6 Å². The molecule has 0 radical (unpaired) electrons. The number of ether oxygens (including phenoxy) is 1. The van der Waals surface area contributed by atoms with Crippen molar-refractivity contribution in [2.45, 2.75) is 19.5 Å². The van der Waals surface area contributed by atoms with Crippen molar-refractivity contribution in [1.29, 1.82) is 0 Å². The molecule has 0 spiro atoms. The van der Waals surface area contributed by atoms with Crippen molar-refractivity contribution in [2.75, 3.05) is 7.11 Å². The summed E-state index contributed by atoms with van der Waals surface area (Å²) in [6.45, 7) is 2.24. The molecule has 22 heavy (non-hydrogen) atoms. The van der Waals surface area contributed by atoms with E-state index in [9.17, 15) is 13.6 Å². The van der Waals surface area contributed by atoms with Crippen LogP contribution in [0.1, 0.15) is 34.5 Å². The molecule has 1 N–H and O–H groups in total. The first-order chi connectivity index (χ1) is 10.5. The molecule has 2 aromatic carbocycles. The van der Waals surface area contributed by atoms with Crippen molar-refractivity contribution in [2.24, 2.45) is 0 Å². The maximum Gasteiger partial charge on any atom is 0.337 e. The van der Waals surface area contributed by atoms with Gasteiger partial charge in [0.1, 0.15) is 11.6 Å². The molecular weight excluding hydrogens is 288 g/mol. The predicted molar refractivity (Wildman–Crippen MR) is 79.4 cm³/mol. The monoisotopic (exact) mass is 305 g/mol. The molecule has 5 heteroatoms. The number of carbonyl (C=O) groups excluding carboxylic acids is 1. The summed E-state index contributed by atoms with van der Waals surface area (Å²) in [4.78, 5) is 11.5. The highest BCUT2D eigenvalue weighted by atomic mass is 19.1. The SMILES string of the molecule is COC(=O)c1cccc(CN[C@@H](C)c2ccc(F)cc2F)c1. The minimum Gasteiger partial charge on any atom is -0.465 e. The quantitative estimate of drug-likeness (QED) is 0.858. The van der Waals surface area contributed by atoms with Crippen LogP contribution in [0.4, 0.5) is 8.78 Å². The third-order valence-electron chi connectivity index (χ3n) is 3.39. The van der Waals surface area contributed by atoms with Gasteiger partial charge in [-0.3, -0.25) is 0 Å². The van der Waals surface area contributed by atoms with Crippen LogP contribution < -0.4 is 5.32 Å². The van der Waals surface area contributed by atoms with E-state index in [2.05, 4.69) is 10.1 Å². The zero-order chi connectivity index (χ0) is 16.1. The lowest BCUT2D eigenvalue weighted by Gasteiger charge is -2.15. The van der Waals surface area contributed by atoms with Crippen molar-refractivity contribution in [3.63, 3.8) is 0 Å². The normalized spacial score (nSPS) is 12.0. The average Bonchev–Trinajstić information content (AvgIpc) is 2.52. The Balaban J connectivity index is 2.04. The summed E-state index contributed by atoms with van der Waals surface area (Å²) in [6, 6.07) is 10.2. The molecule has 0 aliphatic heterocycles. The summed E-state index contributed by atoms with van der Waals surface area (Å²) < 4.78 is 31.3. The Hall–Kier alpha value is -2.27. The largest absolute Gasteiger partial charge is 0.465 e. The Morgan fingerprint density at radius 2 is 2.00 bits per heavy atom. The summed E-state index contributed by atoms with van der Waals surface area (Å²) in [7, 11) is 1.33. The highest BCUT2D eigenvalue weighted by Gasteiger charge is 2.12. The van der Waals surface area contributed by atoms with Gasteiger partial charge in [-0.15, -0.1) is 0 Å². The maximum absolute atomic E-state index is 13.7. The van der Waals surface area contributed by atoms with E-state index in [0.717, 1.165) is 11.6 Å². The first kappa shape index (κ1) is 16.1. The minimum absolute atomic E-state index is 0.289. The number of carbonyl (C=O) groups is 1. The topological polar surface area (TPSA) is 38.3 Å². The van der Waals surface area contributed by atoms with Crippen LogP contribution in [0.3, 0.4) is 0 Å². The molecule has 0 saturated heterocycles. The van der Waals surface area contributed by atoms with Gasteiger partial charge >= 0.3 is 5.97 Å². The summed E-state index contributed by atoms with van der Waals surface area (Å²) >= 11 is 0. The second-order valence-corrected chi connectivity index (χ2v) is 4.96. The lowest BCUT2D eigenvalue weighted by atomic mass is 10.1. The van der Waals surface area contributed by atoms with Gasteiger partial charge in [-0.2, -0.15) is 0 Å². The number of methoxy groups -OCH3 is 1. The predicted octanol–water partition coefficient (Wildman–Crippen LogP) is 3.60. The van der Waals surface area contributed by atoms with E-state index in [1.165, 1.54) is 19.2 Å². The first-order valence-electron chi connectivity index (χ1n) is 6.87. The molecule has 0 aromatic heterocycles. The second-order valence-electron chi connectivity index (χ2n) is 4.96. The molecule has 0 amide bonds. The van der Waals surface area contributed by atoms with Gasteiger partial charge in [0, 0.05) is 24.2 Å². The molecule has 3 nitrogen and oxygen atoms in total. The van der Waals surface area contributed by atoms with E-state index in [0.29, 0.717) is 17.7 Å². The Morgan fingerprint density at radius 1 is 1.23 bits per heavy atom. The molecule has 0 aliphatic rings. The Morgan fingerprint density at radius 3 is 2.68 bits per heavy atom. The molecule has 0 aliphatic carbocycles. The Bertz CT molecular complexity index is 673. The lowest BCUT2D eigenvalue weighted by molar-refractivity contribution is 0.0600. The van der Waals surface area contributed by atoms with Crippen LogP contribution in [-0.4, -0.2) is 13.1 Å². The van der Waals surface area contributed by atoms with Gasteiger partial charge in [-0.05, 0) is 30.7 Å². The van der Waals surface area contributed by atoms with E-state index in [4.69, 9.17) is 0 Å². The molecular formula is C17H17F2NO2. The highest BCUT2D eigenvalue weighted by molar-refractivity contribution is 5.89. The van der Waals surface area contributed by atoms with Crippen LogP contribution in [-0.2, 0) is 11.3 Å². The molecule has 0 heterocycles. The second kappa shape index (κ2) is 7.13. The Labute approximate surface area is 127 Å². The zero-order valence-electron chi connectivity index (χ0n) is 12.4. The number of nitrogens with one attached hydrogen (secondary N) is 1. The Kier molecular flexibility index (Phi) is 5.22. The highest BCUT2D eigenvalue weighted by Crippen LogP contribution is 2.18. The molecule has 2 rings (SSSR count). The zero-order valence-corrected chi connectivity index (χ0v) is 12.4. The van der Waals surface area contributed by atoms with Gasteiger partial charge in [0.05, 0.1) is 12.7 Å². The van der Waals surface area contributed by atoms with Crippen molar-refractivity contribution in [3.8, 4) is 0 Å². The fourth-order valence-corrected chi connectivity index (χ4v) is 2.16. The number of rotatable bonds is 5. The van der Waals surface area contributed by atoms with Gasteiger partial charge in [0.15, 0.2) is 0 Å². The van der Waals surface area contributed by atoms with E-state index in [1.807, 2.05) is 6.07 Å². The standard InChI is InChI=1S/C17H17F2NO2/c1-11(15-7-6-14(18)9-16(15)19)20-10-12-4-3-5-13(8-12)17(21)22-2/h3-9,11,20H,10H2,1-2H3/t11-/m0/s1. The van der Waals surface area contributed by atoms with E-state index < -0.39 is 17.6 Å². The minimum atomic E-state index is -0.598. The van der Waals surface area contributed by atoms with Crippen LogP contribution in [0.2, 0.25) is 0 Å². The summed E-state index contributed by atoms with van der Waals surface area (Å²) in [5, 5.41) is 3.15. The van der Waals surface area contributed by atoms with Crippen molar-refractivity contribution in [3.05, 3.63) is 70.8 Å². The van der Waals surface area contributed by atoms with Crippen molar-refractivity contribution < 1.29 is 18.3 Å². The van der Waals surface area contributed by atoms with Crippen LogP contribution in [0, 0.1) is 11.6 Å². The molecule has 0 fully saturated rings. The van der Waals surface area contributed by atoms with Crippen LogP contribution in [0.15, 0.2) is 42.5 Å². The molecule has 1 atom stereocenters. The number of benzene rings is 2. The van der Waals surface area contributed by atoms with Gasteiger partial charge in [0.25, 0.3) is 0 Å². The van der Waals surface area contributed by atoms with Crippen LogP contribution in [0.5, 0.6) is 0 Å². The smallest absolute Gasteiger partial charge is 0.337 e. The van der Waals surface area contributed by atoms with E-state index >= 15 is 0 Å². The number of hydrogen-bond donors (Lipinski definition) is 1. The van der Waals surface area contributed by atoms with Gasteiger partial charge in [0.2, 0.25) is 0 Å². The maximum atomic E-state index is 13.7. The van der Waals surface area contributed by atoms with Gasteiger partial charge < -0.3 is 10.1 Å². The van der Waals surface area contributed by atoms with Crippen molar-refractivity contribution in [1.82, 2.24) is 5.32 Å². The lowest BCUT2D eigenvalue weighted by Crippen LogP contribution is -2.19. The first-order valence-corrected chi connectivity index (χ1v) is 6.87. The number of esters is 1. The molecule has 2 aromatic rings. The number of hydrogen-bond acceptors (Lipinski definition) is 3. The van der Waals surface area contributed by atoms with Crippen LogP contribution in [0.25, 0.3) is 0 Å². The summed E-state index contributed by atoms with van der Waals surface area (Å²) in [5.41, 5.74) is 1.73. The molecule has 116 valence electrons. The molecule has 0 saturated carbocycles. The average molecular weight is 305 g/mol. The molecule has 0 unspecified atom stereocenters. The van der Waals surface area contributed by atoms with E-state index in [-0.39, 0.29) is 6.04 Å². The van der Waals surface area contributed by atoms with E-state index in [1.54, 1.807) is 25.1 Å². The molecule has 0 bridgehead atoms. The summed E-state index contributed by atoms with van der Waals surface area (Å²) in [6.07, 6.45) is 0. The summed E-state index contributed by atoms with van der Waals surface area (Å²) in [5.74, 6) is -1.58. The number of halogens is 2. The van der Waals surface area contributed by atoms with Gasteiger partial charge in [-0.1, -0.05) is 18.2 Å².